The van der Waals surface area contributed by atoms with Crippen LogP contribution in [0.1, 0.15) is 67.8 Å². The Labute approximate surface area is 293 Å². The maximum atomic E-state index is 14.3. The van der Waals surface area contributed by atoms with E-state index < -0.39 is 5.97 Å². The van der Waals surface area contributed by atoms with Gasteiger partial charge in [0.15, 0.2) is 0 Å². The Bertz CT molecular complexity index is 2240. The van der Waals surface area contributed by atoms with Crippen LogP contribution in [0.25, 0.3) is 32.8 Å². The van der Waals surface area contributed by atoms with Gasteiger partial charge in [0.05, 0.1) is 28.5 Å². The molecule has 0 bridgehead atoms. The number of rotatable bonds is 11. The summed E-state index contributed by atoms with van der Waals surface area (Å²) in [5.74, 6) is -0.603. The number of benzene rings is 3. The number of halogens is 2. The van der Waals surface area contributed by atoms with Gasteiger partial charge in [0.2, 0.25) is 0 Å². The molecule has 1 aliphatic rings. The summed E-state index contributed by atoms with van der Waals surface area (Å²) < 4.78 is 24.5. The average Bonchev–Trinajstić information content (AvgIpc) is 3.71. The van der Waals surface area contributed by atoms with Gasteiger partial charge in [-0.3, -0.25) is 4.68 Å². The number of fused-ring (bicyclic) bond motifs is 3. The Morgan fingerprint density at radius 1 is 1.06 bits per heavy atom. The summed E-state index contributed by atoms with van der Waals surface area (Å²) >= 11 is 8.55. The van der Waals surface area contributed by atoms with Gasteiger partial charge in [-0.25, -0.2) is 14.2 Å². The molecule has 0 aliphatic carbocycles. The van der Waals surface area contributed by atoms with Crippen LogP contribution in [0, 0.1) is 19.7 Å². The lowest BCUT2D eigenvalue weighted by Crippen LogP contribution is -2.11. The number of nitrogens with zero attached hydrogens (tertiary/aromatic N) is 4. The molecule has 0 amide bonds. The molecule has 0 saturated carbocycles. The summed E-state index contributed by atoms with van der Waals surface area (Å²) in [7, 11) is 1.80. The molecular formula is C38H39ClFN5O3S. The average molecular weight is 700 g/mol. The van der Waals surface area contributed by atoms with Crippen molar-refractivity contribution in [3.8, 4) is 16.9 Å². The molecule has 3 aromatic carbocycles. The second kappa shape index (κ2) is 13.6. The number of carbonyl (C=O) groups is 1. The Balaban J connectivity index is 1.17. The molecule has 0 unspecified atom stereocenters. The van der Waals surface area contributed by atoms with Gasteiger partial charge in [0.25, 0.3) is 0 Å². The predicted molar refractivity (Wildman–Crippen MR) is 194 cm³/mol. The van der Waals surface area contributed by atoms with E-state index in [1.807, 2.05) is 38.1 Å². The highest BCUT2D eigenvalue weighted by Gasteiger charge is 2.28. The van der Waals surface area contributed by atoms with E-state index in [-0.39, 0.29) is 11.5 Å². The minimum absolute atomic E-state index is 0.247. The fourth-order valence-electron chi connectivity index (χ4n) is 7.44. The van der Waals surface area contributed by atoms with Crippen molar-refractivity contribution in [1.82, 2.24) is 19.3 Å². The molecule has 4 heterocycles. The third-order valence-electron chi connectivity index (χ3n) is 9.65. The SMILES string of the molecule is Cc1nc(CN)sc1CCc1cc(OCCCc2c(C(=O)O)n(C)c3c(-c4c(C)nn5c4CCCC5)c(Cl)ccc23)c2ccc(F)cc2c1. The third kappa shape index (κ3) is 6.22. The molecule has 11 heteroatoms. The van der Waals surface area contributed by atoms with Crippen LogP contribution >= 0.6 is 22.9 Å². The summed E-state index contributed by atoms with van der Waals surface area (Å²) in [6, 6.07) is 12.6. The van der Waals surface area contributed by atoms with Gasteiger partial charge in [0.1, 0.15) is 22.3 Å². The molecule has 254 valence electrons. The van der Waals surface area contributed by atoms with Crippen LogP contribution in [-0.4, -0.2) is 37.0 Å². The summed E-state index contributed by atoms with van der Waals surface area (Å²) in [5.41, 5.74) is 13.6. The molecule has 49 heavy (non-hydrogen) atoms. The standard InChI is InChI=1S/C38H39ClFN5O3S/c1-21-32(49-33(20-41)42-21)14-9-23-17-24-19-25(40)10-11-26(24)31(18-23)48-16-6-7-27-28-12-13-29(39)35(36(28)44(3)37(27)38(46)47)34-22(2)43-45-15-5-4-8-30(34)45/h10-13,17-19H,4-9,14-16,20,41H2,1-3H3,(H,46,47). The van der Waals surface area contributed by atoms with E-state index in [9.17, 15) is 14.3 Å². The van der Waals surface area contributed by atoms with Gasteiger partial charge in [0, 0.05) is 52.6 Å². The maximum absolute atomic E-state index is 14.3. The number of nitrogens with two attached hydrogens (primary N) is 1. The number of aromatic carboxylic acids is 1. The quantitative estimate of drug-likeness (QED) is 0.132. The van der Waals surface area contributed by atoms with Crippen LogP contribution in [0.4, 0.5) is 4.39 Å². The van der Waals surface area contributed by atoms with E-state index in [4.69, 9.17) is 27.2 Å². The van der Waals surface area contributed by atoms with E-state index in [1.54, 1.807) is 29.0 Å². The summed E-state index contributed by atoms with van der Waals surface area (Å²) in [6.45, 7) is 5.65. The molecule has 0 atom stereocenters. The zero-order valence-electron chi connectivity index (χ0n) is 27.9. The van der Waals surface area contributed by atoms with Crippen LogP contribution in [0.15, 0.2) is 42.5 Å². The molecule has 8 nitrogen and oxygen atoms in total. The normalized spacial score (nSPS) is 13.0. The van der Waals surface area contributed by atoms with Crippen molar-refractivity contribution in [2.24, 2.45) is 12.8 Å². The number of carboxylic acids is 1. The number of hydrogen-bond acceptors (Lipinski definition) is 6. The third-order valence-corrected chi connectivity index (χ3v) is 11.2. The zero-order valence-corrected chi connectivity index (χ0v) is 29.5. The molecule has 0 saturated heterocycles. The van der Waals surface area contributed by atoms with E-state index in [0.717, 1.165) is 105 Å². The zero-order chi connectivity index (χ0) is 34.4. The van der Waals surface area contributed by atoms with Crippen LogP contribution in [0.3, 0.4) is 0 Å². The molecule has 3 aromatic heterocycles. The highest BCUT2D eigenvalue weighted by Crippen LogP contribution is 2.43. The Hall–Kier alpha value is -4.25. The number of thiazole rings is 1. The summed E-state index contributed by atoms with van der Waals surface area (Å²) in [6.07, 6.45) is 5.70. The topological polar surface area (TPSA) is 108 Å². The Kier molecular flexibility index (Phi) is 9.21. The Morgan fingerprint density at radius 3 is 2.65 bits per heavy atom. The first-order valence-corrected chi connectivity index (χ1v) is 17.9. The number of carboxylic acid groups (broad SMARTS) is 1. The summed E-state index contributed by atoms with van der Waals surface area (Å²) in [5, 5.41) is 19.2. The van der Waals surface area contributed by atoms with Crippen LogP contribution < -0.4 is 10.5 Å². The van der Waals surface area contributed by atoms with E-state index in [0.29, 0.717) is 36.8 Å². The number of ether oxygens (including phenoxy) is 1. The largest absolute Gasteiger partial charge is 0.493 e. The van der Waals surface area contributed by atoms with Crippen molar-refractivity contribution >= 4 is 50.6 Å². The van der Waals surface area contributed by atoms with Crippen molar-refractivity contribution in [3.63, 3.8) is 0 Å². The van der Waals surface area contributed by atoms with Crippen LogP contribution in [-0.2, 0) is 45.8 Å². The predicted octanol–water partition coefficient (Wildman–Crippen LogP) is 8.35. The highest BCUT2D eigenvalue weighted by molar-refractivity contribution is 7.11. The van der Waals surface area contributed by atoms with Gasteiger partial charge < -0.3 is 20.1 Å². The molecular weight excluding hydrogens is 661 g/mol. The fourth-order valence-corrected chi connectivity index (χ4v) is 8.63. The monoisotopic (exact) mass is 699 g/mol. The first kappa shape index (κ1) is 33.3. The number of aryl methyl sites for hydroxylation is 7. The van der Waals surface area contributed by atoms with E-state index >= 15 is 0 Å². The van der Waals surface area contributed by atoms with Crippen molar-refractivity contribution in [2.75, 3.05) is 6.61 Å². The second-order valence-electron chi connectivity index (χ2n) is 12.8. The highest BCUT2D eigenvalue weighted by atomic mass is 35.5. The molecule has 0 radical (unpaired) electrons. The lowest BCUT2D eigenvalue weighted by molar-refractivity contribution is 0.0685. The van der Waals surface area contributed by atoms with Gasteiger partial charge in [-0.1, -0.05) is 23.7 Å². The molecule has 3 N–H and O–H groups in total. The maximum Gasteiger partial charge on any atom is 0.352 e. The number of hydrogen-bond donors (Lipinski definition) is 2. The summed E-state index contributed by atoms with van der Waals surface area (Å²) in [4.78, 5) is 18.5. The molecule has 0 fully saturated rings. The van der Waals surface area contributed by atoms with Crippen LogP contribution in [0.5, 0.6) is 5.75 Å². The minimum Gasteiger partial charge on any atom is -0.493 e. The van der Waals surface area contributed by atoms with Gasteiger partial charge in [-0.15, -0.1) is 11.3 Å². The first-order valence-electron chi connectivity index (χ1n) is 16.7. The Morgan fingerprint density at radius 2 is 1.88 bits per heavy atom. The number of aromatic nitrogens is 4. The fraction of sp³-hybridized carbons (Fsp3) is 0.342. The lowest BCUT2D eigenvalue weighted by Gasteiger charge is -2.16. The van der Waals surface area contributed by atoms with Crippen molar-refractivity contribution in [1.29, 1.82) is 0 Å². The minimum atomic E-state index is -0.985. The second-order valence-corrected chi connectivity index (χ2v) is 14.4. The van der Waals surface area contributed by atoms with Gasteiger partial charge in [-0.05, 0) is 106 Å². The molecule has 6 aromatic rings. The van der Waals surface area contributed by atoms with Gasteiger partial charge in [-0.2, -0.15) is 5.10 Å². The van der Waals surface area contributed by atoms with Crippen molar-refractivity contribution < 1.29 is 19.0 Å². The van der Waals surface area contributed by atoms with E-state index in [1.165, 1.54) is 17.0 Å². The molecule has 0 spiro atoms. The van der Waals surface area contributed by atoms with Crippen LogP contribution in [0.2, 0.25) is 5.02 Å². The first-order chi connectivity index (χ1) is 23.6. The molecule has 1 aliphatic heterocycles. The molecule has 7 rings (SSSR count). The van der Waals surface area contributed by atoms with Gasteiger partial charge >= 0.3 is 5.97 Å². The lowest BCUT2D eigenvalue weighted by atomic mass is 9.95. The van der Waals surface area contributed by atoms with Crippen molar-refractivity contribution in [2.45, 2.75) is 71.9 Å². The van der Waals surface area contributed by atoms with E-state index in [2.05, 4.69) is 9.67 Å². The van der Waals surface area contributed by atoms with Crippen molar-refractivity contribution in [3.05, 3.63) is 97.1 Å². The smallest absolute Gasteiger partial charge is 0.352 e.